The van der Waals surface area contributed by atoms with Gasteiger partial charge in [-0.1, -0.05) is 17.7 Å². The summed E-state index contributed by atoms with van der Waals surface area (Å²) in [5.41, 5.74) is 0.451. The van der Waals surface area contributed by atoms with E-state index in [0.717, 1.165) is 4.88 Å². The number of nitrogens with one attached hydrogen (secondary N) is 2. The molecule has 2 rings (SSSR count). The molecule has 0 aliphatic heterocycles. The number of thiophene rings is 1. The molecule has 1 atom stereocenters. The average Bonchev–Trinajstić information content (AvgIpc) is 2.92. The summed E-state index contributed by atoms with van der Waals surface area (Å²) < 4.78 is 0. The zero-order valence-corrected chi connectivity index (χ0v) is 12.2. The Morgan fingerprint density at radius 3 is 2.89 bits per heavy atom. The zero-order valence-electron chi connectivity index (χ0n) is 10.6. The summed E-state index contributed by atoms with van der Waals surface area (Å²) in [7, 11) is 1.73. The number of amides is 1. The molecule has 6 heteroatoms. The monoisotopic (exact) mass is 295 g/mol. The summed E-state index contributed by atoms with van der Waals surface area (Å²) in [5.74, 6) is 0.377. The molecule has 0 saturated heterocycles. The second kappa shape index (κ2) is 6.04. The van der Waals surface area contributed by atoms with Gasteiger partial charge in [-0.2, -0.15) is 0 Å². The lowest BCUT2D eigenvalue weighted by molar-refractivity contribution is 0.0940. The van der Waals surface area contributed by atoms with E-state index >= 15 is 0 Å². The molecule has 19 heavy (non-hydrogen) atoms. The molecule has 2 heterocycles. The average molecular weight is 296 g/mol. The van der Waals surface area contributed by atoms with Gasteiger partial charge in [0.2, 0.25) is 0 Å². The molecule has 0 bridgehead atoms. The summed E-state index contributed by atoms with van der Waals surface area (Å²) in [5, 5.41) is 8.18. The highest BCUT2D eigenvalue weighted by Gasteiger charge is 2.13. The van der Waals surface area contributed by atoms with Crippen LogP contribution in [0, 0.1) is 0 Å². The molecular formula is C13H14ClN3OS. The molecule has 1 amide bonds. The molecular weight excluding hydrogens is 282 g/mol. The van der Waals surface area contributed by atoms with Gasteiger partial charge in [-0.25, -0.2) is 4.98 Å². The SMILES string of the molecule is CNc1ncc(C(=O)NC(C)c2cccs2)cc1Cl. The fraction of sp³-hybridized carbons (Fsp3) is 0.231. The van der Waals surface area contributed by atoms with Crippen LogP contribution in [0.4, 0.5) is 5.82 Å². The van der Waals surface area contributed by atoms with Crippen LogP contribution in [0.1, 0.15) is 28.2 Å². The summed E-state index contributed by atoms with van der Waals surface area (Å²) >= 11 is 7.62. The van der Waals surface area contributed by atoms with Crippen molar-refractivity contribution in [2.24, 2.45) is 0 Å². The van der Waals surface area contributed by atoms with Gasteiger partial charge in [-0.05, 0) is 24.4 Å². The minimum atomic E-state index is -0.182. The third-order valence-electron chi connectivity index (χ3n) is 2.66. The Bertz CT molecular complexity index is 571. The van der Waals surface area contributed by atoms with Crippen molar-refractivity contribution in [1.29, 1.82) is 0 Å². The number of pyridine rings is 1. The van der Waals surface area contributed by atoms with Crippen LogP contribution in [0.25, 0.3) is 0 Å². The van der Waals surface area contributed by atoms with Crippen LogP contribution in [-0.4, -0.2) is 17.9 Å². The molecule has 0 aliphatic rings. The number of nitrogens with zero attached hydrogens (tertiary/aromatic N) is 1. The third kappa shape index (κ3) is 3.24. The first-order valence-electron chi connectivity index (χ1n) is 5.79. The molecule has 2 aromatic heterocycles. The third-order valence-corrected chi connectivity index (χ3v) is 4.00. The largest absolute Gasteiger partial charge is 0.372 e. The zero-order chi connectivity index (χ0) is 13.8. The molecule has 0 radical (unpaired) electrons. The highest BCUT2D eigenvalue weighted by Crippen LogP contribution is 2.21. The molecule has 0 aromatic carbocycles. The lowest BCUT2D eigenvalue weighted by Crippen LogP contribution is -2.26. The molecule has 1 unspecified atom stereocenters. The van der Waals surface area contributed by atoms with Crippen molar-refractivity contribution < 1.29 is 4.79 Å². The molecule has 2 aromatic rings. The van der Waals surface area contributed by atoms with Crippen molar-refractivity contribution in [3.05, 3.63) is 45.2 Å². The summed E-state index contributed by atoms with van der Waals surface area (Å²) in [4.78, 5) is 17.3. The van der Waals surface area contributed by atoms with E-state index in [-0.39, 0.29) is 11.9 Å². The predicted octanol–water partition coefficient (Wildman–Crippen LogP) is 3.33. The van der Waals surface area contributed by atoms with Gasteiger partial charge in [0, 0.05) is 18.1 Å². The first-order chi connectivity index (χ1) is 9.11. The molecule has 0 saturated carbocycles. The maximum absolute atomic E-state index is 12.1. The fourth-order valence-corrected chi connectivity index (χ4v) is 2.63. The standard InChI is InChI=1S/C13H14ClN3OS/c1-8(11-4-3-5-19-11)17-13(18)9-6-10(14)12(15-2)16-7-9/h3-8H,1-2H3,(H,15,16)(H,17,18). The number of anilines is 1. The topological polar surface area (TPSA) is 54.0 Å². The first-order valence-corrected chi connectivity index (χ1v) is 7.05. The van der Waals surface area contributed by atoms with E-state index in [4.69, 9.17) is 11.6 Å². The van der Waals surface area contributed by atoms with Crippen LogP contribution in [0.2, 0.25) is 5.02 Å². The Morgan fingerprint density at radius 2 is 2.32 bits per heavy atom. The Labute approximate surface area is 120 Å². The van der Waals surface area contributed by atoms with Gasteiger partial charge in [0.05, 0.1) is 16.6 Å². The van der Waals surface area contributed by atoms with Gasteiger partial charge in [-0.15, -0.1) is 11.3 Å². The predicted molar refractivity (Wildman–Crippen MR) is 79.0 cm³/mol. The van der Waals surface area contributed by atoms with E-state index < -0.39 is 0 Å². The van der Waals surface area contributed by atoms with Gasteiger partial charge in [-0.3, -0.25) is 4.79 Å². The van der Waals surface area contributed by atoms with Crippen LogP contribution in [0.15, 0.2) is 29.8 Å². The lowest BCUT2D eigenvalue weighted by Gasteiger charge is -2.12. The minimum absolute atomic E-state index is 0.0322. The van der Waals surface area contributed by atoms with Gasteiger partial charge in [0.15, 0.2) is 0 Å². The summed E-state index contributed by atoms with van der Waals surface area (Å²) in [6.45, 7) is 1.95. The molecule has 0 aliphatic carbocycles. The van der Waals surface area contributed by atoms with Crippen molar-refractivity contribution in [3.63, 3.8) is 0 Å². The summed E-state index contributed by atoms with van der Waals surface area (Å²) in [6, 6.07) is 5.53. The molecule has 4 nitrogen and oxygen atoms in total. The van der Waals surface area contributed by atoms with Crippen LogP contribution >= 0.6 is 22.9 Å². The normalized spacial score (nSPS) is 11.9. The molecule has 100 valence electrons. The number of rotatable bonds is 4. The second-order valence-electron chi connectivity index (χ2n) is 4.01. The van der Waals surface area contributed by atoms with Crippen LogP contribution in [0.5, 0.6) is 0 Å². The van der Waals surface area contributed by atoms with E-state index in [1.54, 1.807) is 24.5 Å². The number of hydrogen-bond donors (Lipinski definition) is 2. The maximum Gasteiger partial charge on any atom is 0.253 e. The summed E-state index contributed by atoms with van der Waals surface area (Å²) in [6.07, 6.45) is 1.51. The second-order valence-corrected chi connectivity index (χ2v) is 5.40. The van der Waals surface area contributed by atoms with Crippen LogP contribution in [-0.2, 0) is 0 Å². The number of carbonyl (C=O) groups excluding carboxylic acids is 1. The van der Waals surface area contributed by atoms with Crippen molar-refractivity contribution in [2.45, 2.75) is 13.0 Å². The van der Waals surface area contributed by atoms with Gasteiger partial charge in [0.1, 0.15) is 5.82 Å². The highest BCUT2D eigenvalue weighted by molar-refractivity contribution is 7.10. The molecule has 0 fully saturated rings. The van der Waals surface area contributed by atoms with E-state index in [1.165, 1.54) is 6.20 Å². The number of aromatic nitrogens is 1. The van der Waals surface area contributed by atoms with E-state index in [9.17, 15) is 4.79 Å². The molecule has 0 spiro atoms. The van der Waals surface area contributed by atoms with Crippen LogP contribution in [0.3, 0.4) is 0 Å². The Balaban J connectivity index is 2.10. The Morgan fingerprint density at radius 1 is 1.53 bits per heavy atom. The van der Waals surface area contributed by atoms with Gasteiger partial charge in [0.25, 0.3) is 5.91 Å². The van der Waals surface area contributed by atoms with Crippen molar-refractivity contribution in [2.75, 3.05) is 12.4 Å². The fourth-order valence-electron chi connectivity index (χ4n) is 1.63. The van der Waals surface area contributed by atoms with E-state index in [2.05, 4.69) is 15.6 Å². The van der Waals surface area contributed by atoms with Gasteiger partial charge < -0.3 is 10.6 Å². The number of halogens is 1. The van der Waals surface area contributed by atoms with Crippen molar-refractivity contribution in [1.82, 2.24) is 10.3 Å². The van der Waals surface area contributed by atoms with Crippen LogP contribution < -0.4 is 10.6 Å². The Kier molecular flexibility index (Phi) is 4.39. The van der Waals surface area contributed by atoms with Crippen molar-refractivity contribution >= 4 is 34.7 Å². The highest BCUT2D eigenvalue weighted by atomic mass is 35.5. The Hall–Kier alpha value is -1.59. The molecule has 2 N–H and O–H groups in total. The smallest absolute Gasteiger partial charge is 0.253 e. The first kappa shape index (κ1) is 13.8. The van der Waals surface area contributed by atoms with Crippen molar-refractivity contribution in [3.8, 4) is 0 Å². The number of hydrogen-bond acceptors (Lipinski definition) is 4. The van der Waals surface area contributed by atoms with E-state index in [1.807, 2.05) is 24.4 Å². The van der Waals surface area contributed by atoms with E-state index in [0.29, 0.717) is 16.4 Å². The lowest BCUT2D eigenvalue weighted by atomic mass is 10.2. The van der Waals surface area contributed by atoms with Gasteiger partial charge >= 0.3 is 0 Å². The maximum atomic E-state index is 12.1. The number of carbonyl (C=O) groups is 1. The quantitative estimate of drug-likeness (QED) is 0.910. The minimum Gasteiger partial charge on any atom is -0.372 e.